The minimum absolute atomic E-state index is 0.0896. The second kappa shape index (κ2) is 10.7. The lowest BCUT2D eigenvalue weighted by atomic mass is 9.98. The first-order chi connectivity index (χ1) is 17.7. The number of H-pyrrole nitrogens is 1. The van der Waals surface area contributed by atoms with Crippen LogP contribution in [0.15, 0.2) is 91.5 Å². The number of aromatic amines is 1. The maximum Gasteiger partial charge on any atom is 0.217 e. The summed E-state index contributed by atoms with van der Waals surface area (Å²) in [6, 6.07) is 25.9. The Hall–Kier alpha value is -4.72. The Bertz CT molecular complexity index is 1460. The number of rotatable bonds is 10. The number of hydrogen-bond acceptors (Lipinski definition) is 6. The third-order valence-electron chi connectivity index (χ3n) is 5.89. The molecule has 8 heteroatoms. The third-order valence-corrected chi connectivity index (χ3v) is 5.89. The molecule has 5 rings (SSSR count). The van der Waals surface area contributed by atoms with E-state index in [-0.39, 0.29) is 18.0 Å². The largest absolute Gasteiger partial charge is 0.290 e. The van der Waals surface area contributed by atoms with Gasteiger partial charge in [-0.2, -0.15) is 5.21 Å². The van der Waals surface area contributed by atoms with Gasteiger partial charge in [0.05, 0.1) is 6.54 Å². The third kappa shape index (κ3) is 5.17. The molecule has 3 aromatic carbocycles. The van der Waals surface area contributed by atoms with Crippen LogP contribution >= 0.6 is 0 Å². The molecule has 178 valence electrons. The van der Waals surface area contributed by atoms with Crippen molar-refractivity contribution in [2.24, 2.45) is 0 Å². The summed E-state index contributed by atoms with van der Waals surface area (Å²) < 4.78 is 1.82. The number of aromatic nitrogens is 7. The van der Waals surface area contributed by atoms with Crippen molar-refractivity contribution in [2.75, 3.05) is 0 Å². The van der Waals surface area contributed by atoms with Gasteiger partial charge in [0, 0.05) is 18.4 Å². The zero-order valence-electron chi connectivity index (χ0n) is 19.7. The maximum atomic E-state index is 12.9. The number of Topliss-reactive ketones (excluding diaryl/α,β-unsaturated/α-hetero) is 1. The van der Waals surface area contributed by atoms with Gasteiger partial charge >= 0.3 is 0 Å². The van der Waals surface area contributed by atoms with Crippen LogP contribution in [-0.4, -0.2) is 41.2 Å². The van der Waals surface area contributed by atoms with Crippen LogP contribution in [0, 0.1) is 0 Å². The van der Waals surface area contributed by atoms with Crippen molar-refractivity contribution in [3.05, 3.63) is 114 Å². The van der Waals surface area contributed by atoms with Gasteiger partial charge in [-0.1, -0.05) is 84.9 Å². The standard InChI is InChI=1S/C28H25N7O/c1-2-3-13-26-29-28(25(36)18-20-9-5-4-6-10-20)32-35(26)19-21-14-16-22(17-15-21)23-11-7-8-12-24(23)27-30-33-34-31-27/h2,4-12,14-17H,1,3,13,18-19H2,(H,30,31,33,34). The molecule has 0 radical (unpaired) electrons. The quantitative estimate of drug-likeness (QED) is 0.232. The van der Waals surface area contributed by atoms with Crippen molar-refractivity contribution in [3.63, 3.8) is 0 Å². The first kappa shape index (κ1) is 23.0. The predicted molar refractivity (Wildman–Crippen MR) is 137 cm³/mol. The fourth-order valence-corrected chi connectivity index (χ4v) is 4.06. The van der Waals surface area contributed by atoms with Crippen LogP contribution in [0.3, 0.4) is 0 Å². The van der Waals surface area contributed by atoms with E-state index in [1.807, 2.05) is 65.4 Å². The number of hydrogen-bond donors (Lipinski definition) is 1. The lowest BCUT2D eigenvalue weighted by Crippen LogP contribution is -2.09. The maximum absolute atomic E-state index is 12.9. The van der Waals surface area contributed by atoms with E-state index < -0.39 is 0 Å². The zero-order valence-corrected chi connectivity index (χ0v) is 19.7. The van der Waals surface area contributed by atoms with Gasteiger partial charge in [-0.3, -0.25) is 4.79 Å². The smallest absolute Gasteiger partial charge is 0.217 e. The molecule has 1 N–H and O–H groups in total. The van der Waals surface area contributed by atoms with Crippen molar-refractivity contribution in [2.45, 2.75) is 25.8 Å². The monoisotopic (exact) mass is 475 g/mol. The Kier molecular flexibility index (Phi) is 6.84. The van der Waals surface area contributed by atoms with Gasteiger partial charge in [0.1, 0.15) is 5.82 Å². The number of ketones is 1. The summed E-state index contributed by atoms with van der Waals surface area (Å²) in [5, 5.41) is 19.0. The van der Waals surface area contributed by atoms with E-state index in [1.54, 1.807) is 0 Å². The van der Waals surface area contributed by atoms with Crippen molar-refractivity contribution >= 4 is 5.78 Å². The summed E-state index contributed by atoms with van der Waals surface area (Å²) in [5.74, 6) is 1.49. The Morgan fingerprint density at radius 2 is 1.67 bits per heavy atom. The number of allylic oxidation sites excluding steroid dienone is 1. The normalized spacial score (nSPS) is 10.9. The molecule has 0 aliphatic heterocycles. The summed E-state index contributed by atoms with van der Waals surface area (Å²) >= 11 is 0. The number of nitrogens with one attached hydrogen (secondary N) is 1. The summed E-state index contributed by atoms with van der Waals surface area (Å²) in [6.45, 7) is 4.33. The second-order valence-corrected chi connectivity index (χ2v) is 8.40. The van der Waals surface area contributed by atoms with Gasteiger partial charge in [-0.15, -0.1) is 21.9 Å². The molecule has 2 heterocycles. The summed E-state index contributed by atoms with van der Waals surface area (Å²) in [4.78, 5) is 17.4. The molecule has 0 saturated heterocycles. The molecule has 0 bridgehead atoms. The molecule has 0 unspecified atom stereocenters. The fraction of sp³-hybridized carbons (Fsp3) is 0.143. The summed E-state index contributed by atoms with van der Waals surface area (Å²) in [7, 11) is 0. The molecule has 36 heavy (non-hydrogen) atoms. The van der Waals surface area contributed by atoms with Crippen LogP contribution in [0.25, 0.3) is 22.5 Å². The zero-order chi connectivity index (χ0) is 24.7. The van der Waals surface area contributed by atoms with E-state index >= 15 is 0 Å². The molecule has 8 nitrogen and oxygen atoms in total. The molecule has 0 fully saturated rings. The topological polar surface area (TPSA) is 102 Å². The van der Waals surface area contributed by atoms with Gasteiger partial charge in [0.15, 0.2) is 0 Å². The summed E-state index contributed by atoms with van der Waals surface area (Å²) in [6.07, 6.45) is 3.56. The molecule has 5 aromatic rings. The van der Waals surface area contributed by atoms with Crippen molar-refractivity contribution < 1.29 is 4.79 Å². The highest BCUT2D eigenvalue weighted by Gasteiger charge is 2.17. The van der Waals surface area contributed by atoms with Crippen molar-refractivity contribution in [1.82, 2.24) is 35.4 Å². The molecule has 2 aromatic heterocycles. The molecular formula is C28H25N7O. The molecule has 0 atom stereocenters. The number of carbonyl (C=O) groups excluding carboxylic acids is 1. The summed E-state index contributed by atoms with van der Waals surface area (Å²) in [5.41, 5.74) is 4.98. The van der Waals surface area contributed by atoms with Crippen LogP contribution in [0.5, 0.6) is 0 Å². The highest BCUT2D eigenvalue weighted by atomic mass is 16.1. The Labute approximate surface area is 208 Å². The van der Waals surface area contributed by atoms with E-state index in [1.165, 1.54) is 0 Å². The van der Waals surface area contributed by atoms with E-state index in [9.17, 15) is 4.79 Å². The Balaban J connectivity index is 1.37. The second-order valence-electron chi connectivity index (χ2n) is 8.40. The SMILES string of the molecule is C=CCCc1nc(C(=O)Cc2ccccc2)nn1Cc1ccc(-c2ccccc2-c2nn[nH]n2)cc1. The molecule has 0 aliphatic carbocycles. The highest BCUT2D eigenvalue weighted by Crippen LogP contribution is 2.29. The Morgan fingerprint density at radius 3 is 2.39 bits per heavy atom. The molecular weight excluding hydrogens is 450 g/mol. The lowest BCUT2D eigenvalue weighted by molar-refractivity contribution is 0.0982. The minimum atomic E-state index is -0.0896. The van der Waals surface area contributed by atoms with Crippen molar-refractivity contribution in [1.29, 1.82) is 0 Å². The van der Waals surface area contributed by atoms with Crippen LogP contribution in [0.1, 0.15) is 34.0 Å². The molecule has 0 amide bonds. The Morgan fingerprint density at radius 1 is 0.917 bits per heavy atom. The van der Waals surface area contributed by atoms with E-state index in [2.05, 4.69) is 61.6 Å². The minimum Gasteiger partial charge on any atom is -0.290 e. The lowest BCUT2D eigenvalue weighted by Gasteiger charge is -2.09. The fourth-order valence-electron chi connectivity index (χ4n) is 4.06. The van der Waals surface area contributed by atoms with Gasteiger partial charge in [0.25, 0.3) is 0 Å². The van der Waals surface area contributed by atoms with Crippen LogP contribution in [0.2, 0.25) is 0 Å². The van der Waals surface area contributed by atoms with Crippen LogP contribution in [-0.2, 0) is 19.4 Å². The molecule has 0 saturated carbocycles. The first-order valence-electron chi connectivity index (χ1n) is 11.7. The van der Waals surface area contributed by atoms with Gasteiger partial charge in [-0.25, -0.2) is 9.67 Å². The average Bonchev–Trinajstić information content (AvgIpc) is 3.59. The number of benzene rings is 3. The van der Waals surface area contributed by atoms with Gasteiger partial charge in [-0.05, 0) is 33.9 Å². The van der Waals surface area contributed by atoms with E-state index in [0.29, 0.717) is 18.8 Å². The number of tetrazole rings is 1. The molecule has 0 aliphatic rings. The van der Waals surface area contributed by atoms with E-state index in [4.69, 9.17) is 0 Å². The average molecular weight is 476 g/mol. The number of nitrogens with zero attached hydrogens (tertiary/aromatic N) is 6. The number of carbonyl (C=O) groups is 1. The highest BCUT2D eigenvalue weighted by molar-refractivity contribution is 5.94. The van der Waals surface area contributed by atoms with Crippen LogP contribution in [0.4, 0.5) is 0 Å². The first-order valence-corrected chi connectivity index (χ1v) is 11.7. The van der Waals surface area contributed by atoms with Gasteiger partial charge in [0.2, 0.25) is 17.4 Å². The van der Waals surface area contributed by atoms with Gasteiger partial charge < -0.3 is 0 Å². The van der Waals surface area contributed by atoms with Crippen molar-refractivity contribution in [3.8, 4) is 22.5 Å². The van der Waals surface area contributed by atoms with Crippen LogP contribution < -0.4 is 0 Å². The van der Waals surface area contributed by atoms with E-state index in [0.717, 1.165) is 40.1 Å². The molecule has 0 spiro atoms. The predicted octanol–water partition coefficient (Wildman–Crippen LogP) is 4.72. The number of aryl methyl sites for hydroxylation is 1.